The van der Waals surface area contributed by atoms with Gasteiger partial charge in [-0.2, -0.15) is 0 Å². The summed E-state index contributed by atoms with van der Waals surface area (Å²) in [6.07, 6.45) is 0.501. The molecule has 12 heteroatoms. The van der Waals surface area contributed by atoms with Gasteiger partial charge in [-0.15, -0.1) is 0 Å². The summed E-state index contributed by atoms with van der Waals surface area (Å²) >= 11 is 0. The zero-order chi connectivity index (χ0) is 31.4. The van der Waals surface area contributed by atoms with Crippen LogP contribution < -0.4 is 15.0 Å². The molecule has 1 fully saturated rings. The van der Waals surface area contributed by atoms with Gasteiger partial charge < -0.3 is 19.5 Å². The topological polar surface area (TPSA) is 160 Å². The molecule has 0 spiro atoms. The molecule has 1 aromatic carbocycles. The highest BCUT2D eigenvalue weighted by atomic mass is 16.5. The summed E-state index contributed by atoms with van der Waals surface area (Å²) < 4.78 is 10.9. The quantitative estimate of drug-likeness (QED) is 0.226. The van der Waals surface area contributed by atoms with E-state index in [4.69, 9.17) is 9.47 Å². The molecule has 0 bridgehead atoms. The van der Waals surface area contributed by atoms with Crippen molar-refractivity contribution < 1.29 is 43.3 Å². The Morgan fingerprint density at radius 1 is 0.976 bits per heavy atom. The van der Waals surface area contributed by atoms with Crippen LogP contribution in [0.4, 0.5) is 5.69 Å². The molecule has 2 N–H and O–H groups in total. The predicted molar refractivity (Wildman–Crippen MR) is 150 cm³/mol. The van der Waals surface area contributed by atoms with Gasteiger partial charge in [-0.1, -0.05) is 0 Å². The zero-order valence-corrected chi connectivity index (χ0v) is 24.9. The van der Waals surface area contributed by atoms with Gasteiger partial charge in [0.25, 0.3) is 5.91 Å². The number of likely N-dealkylation sites (N-methyl/N-ethyl adjacent to an activating group) is 1. The van der Waals surface area contributed by atoms with Gasteiger partial charge in [-0.05, 0) is 57.5 Å². The summed E-state index contributed by atoms with van der Waals surface area (Å²) in [6.45, 7) is 4.86. The van der Waals surface area contributed by atoms with Crippen LogP contribution in [0.15, 0.2) is 29.0 Å². The van der Waals surface area contributed by atoms with E-state index in [-0.39, 0.29) is 35.5 Å². The molecule has 12 nitrogen and oxygen atoms in total. The highest BCUT2D eigenvalue weighted by molar-refractivity contribution is 6.32. The highest BCUT2D eigenvalue weighted by Crippen LogP contribution is 2.56. The van der Waals surface area contributed by atoms with Crippen LogP contribution in [0.5, 0.6) is 5.75 Å². The number of nitrogens with zero attached hydrogens (tertiary/aromatic N) is 2. The molecule has 0 radical (unpaired) electrons. The van der Waals surface area contributed by atoms with Crippen LogP contribution >= 0.6 is 0 Å². The molecule has 0 unspecified atom stereocenters. The van der Waals surface area contributed by atoms with Crippen LogP contribution in [-0.2, 0) is 39.9 Å². The van der Waals surface area contributed by atoms with Gasteiger partial charge in [0.15, 0.2) is 11.6 Å². The van der Waals surface area contributed by atoms with Crippen molar-refractivity contribution in [3.05, 3.63) is 40.2 Å². The molecule has 0 saturated heterocycles. The van der Waals surface area contributed by atoms with E-state index >= 15 is 0 Å². The lowest BCUT2D eigenvalue weighted by atomic mass is 9.52. The Morgan fingerprint density at radius 3 is 2.12 bits per heavy atom. The second kappa shape index (κ2) is 10.8. The number of imide groups is 1. The minimum absolute atomic E-state index is 0.00123. The van der Waals surface area contributed by atoms with Crippen molar-refractivity contribution in [2.45, 2.75) is 46.6 Å². The summed E-state index contributed by atoms with van der Waals surface area (Å²) in [7, 11) is 6.99. The van der Waals surface area contributed by atoms with Gasteiger partial charge in [-0.3, -0.25) is 39.0 Å². The molecule has 4 rings (SSSR count). The van der Waals surface area contributed by atoms with Gasteiger partial charge >= 0.3 is 11.9 Å². The predicted octanol–water partition coefficient (Wildman–Crippen LogP) is 1.71. The van der Waals surface area contributed by atoms with Crippen molar-refractivity contribution in [2.75, 3.05) is 33.1 Å². The lowest BCUT2D eigenvalue weighted by Gasteiger charge is -2.52. The number of nitrogens with one attached hydrogen (secondary N) is 1. The third kappa shape index (κ3) is 4.79. The first-order valence-corrected chi connectivity index (χ1v) is 13.5. The Balaban J connectivity index is 1.99. The number of ether oxygens (including phenoxy) is 2. The molecule has 42 heavy (non-hydrogen) atoms. The van der Waals surface area contributed by atoms with Crippen LogP contribution in [0.25, 0.3) is 5.76 Å². The Kier molecular flexibility index (Phi) is 7.90. The Bertz CT molecular complexity index is 1500. The summed E-state index contributed by atoms with van der Waals surface area (Å²) in [6, 6.07) is 2.42. The lowest BCUT2D eigenvalue weighted by molar-refractivity contribution is -0.149. The molecule has 3 aliphatic carbocycles. The van der Waals surface area contributed by atoms with Crippen molar-refractivity contribution >= 4 is 46.8 Å². The van der Waals surface area contributed by atoms with Crippen LogP contribution in [-0.4, -0.2) is 79.6 Å². The number of fused-ring (bicyclic) bond motifs is 3. The Hall–Kier alpha value is -4.32. The molecule has 4 atom stereocenters. The molecule has 0 aliphatic heterocycles. The second-order valence-electron chi connectivity index (χ2n) is 11.5. The maximum absolute atomic E-state index is 14.5. The van der Waals surface area contributed by atoms with Gasteiger partial charge in [0.2, 0.25) is 5.91 Å². The van der Waals surface area contributed by atoms with Crippen molar-refractivity contribution in [2.24, 2.45) is 17.3 Å². The summed E-state index contributed by atoms with van der Waals surface area (Å²) in [5.41, 5.74) is -0.853. The van der Waals surface area contributed by atoms with E-state index in [0.717, 1.165) is 19.5 Å². The number of aliphatic hydroxyl groups is 1. The van der Waals surface area contributed by atoms with Crippen molar-refractivity contribution in [3.8, 4) is 5.75 Å². The smallest absolute Gasteiger partial charge is 0.308 e. The first kappa shape index (κ1) is 30.6. The first-order valence-electron chi connectivity index (χ1n) is 13.5. The SMILES string of the molecule is CC(=O)NC(=O)C1=C(OC(C)=O)[C@@H](N(C)C)[C@@H]2C[C@@H]3Cc4c(N(C)C)ccc(OC(C)=O)c4C(O)=C3C(=O)[C@]2(C)C1=O. The standard InChI is InChI=1S/C30H35N3O9/c1-13(34)31-29(40)23-26(42-15(3)36)24(33(7)8)18-12-16-11-17-19(32(5)6)9-10-20(41-14(2)35)22(17)25(37)21(16)27(38)30(18,4)28(23)39/h9-10,16,18,24,37H,11-12H2,1-8H3,(H,31,34,40)/t16-,18-,24-,30+/m0/s1. The average Bonchev–Trinajstić information content (AvgIpc) is 2.84. The molecule has 0 aromatic heterocycles. The molecule has 224 valence electrons. The number of carbonyl (C=O) groups is 6. The normalized spacial score (nSPS) is 24.9. The number of hydrogen-bond acceptors (Lipinski definition) is 11. The van der Waals surface area contributed by atoms with Crippen molar-refractivity contribution in [3.63, 3.8) is 0 Å². The fraction of sp³-hybridized carbons (Fsp3) is 0.467. The van der Waals surface area contributed by atoms with Crippen LogP contribution in [0.2, 0.25) is 0 Å². The number of hydrogen-bond donors (Lipinski definition) is 2. The second-order valence-corrected chi connectivity index (χ2v) is 11.5. The van der Waals surface area contributed by atoms with Gasteiger partial charge in [0.1, 0.15) is 22.8 Å². The minimum Gasteiger partial charge on any atom is -0.507 e. The number of amides is 2. The van der Waals surface area contributed by atoms with Crippen LogP contribution in [0, 0.1) is 17.3 Å². The van der Waals surface area contributed by atoms with Crippen molar-refractivity contribution in [1.29, 1.82) is 0 Å². The van der Waals surface area contributed by atoms with E-state index in [9.17, 15) is 33.9 Å². The summed E-state index contributed by atoms with van der Waals surface area (Å²) in [5, 5.41) is 13.7. The van der Waals surface area contributed by atoms with Crippen LogP contribution in [0.1, 0.15) is 45.2 Å². The average molecular weight is 582 g/mol. The Labute approximate surface area is 243 Å². The molecular weight excluding hydrogens is 546 g/mol. The molecule has 0 heterocycles. The van der Waals surface area contributed by atoms with E-state index < -0.39 is 69.9 Å². The number of benzene rings is 1. The number of aliphatic hydroxyl groups excluding tert-OH is 1. The largest absolute Gasteiger partial charge is 0.507 e. The fourth-order valence-electron chi connectivity index (χ4n) is 6.62. The first-order chi connectivity index (χ1) is 19.5. The Morgan fingerprint density at radius 2 is 1.60 bits per heavy atom. The van der Waals surface area contributed by atoms with Gasteiger partial charge in [0.05, 0.1) is 17.0 Å². The van der Waals surface area contributed by atoms with Crippen LogP contribution in [0.3, 0.4) is 0 Å². The molecule has 2 amide bonds. The molecular formula is C30H35N3O9. The molecule has 3 aliphatic rings. The van der Waals surface area contributed by atoms with E-state index in [2.05, 4.69) is 5.32 Å². The van der Waals surface area contributed by atoms with E-state index in [0.29, 0.717) is 5.56 Å². The third-order valence-corrected chi connectivity index (χ3v) is 8.25. The van der Waals surface area contributed by atoms with E-state index in [1.807, 2.05) is 19.0 Å². The highest BCUT2D eigenvalue weighted by Gasteiger charge is 2.63. The number of esters is 2. The lowest BCUT2D eigenvalue weighted by Crippen LogP contribution is -2.62. The summed E-state index contributed by atoms with van der Waals surface area (Å²) in [5.74, 6) is -6.70. The maximum atomic E-state index is 14.5. The number of ketones is 2. The number of anilines is 1. The third-order valence-electron chi connectivity index (χ3n) is 8.25. The summed E-state index contributed by atoms with van der Waals surface area (Å²) in [4.78, 5) is 81.3. The number of Topliss-reactive ketones (excluding diaryl/α,β-unsaturated/α-hetero) is 2. The molecule has 1 saturated carbocycles. The zero-order valence-electron chi connectivity index (χ0n) is 24.9. The number of allylic oxidation sites excluding steroid dienone is 1. The van der Waals surface area contributed by atoms with Crippen molar-refractivity contribution in [1.82, 2.24) is 10.2 Å². The minimum atomic E-state index is -1.86. The molecule has 1 aromatic rings. The van der Waals surface area contributed by atoms with E-state index in [1.165, 1.54) is 19.9 Å². The van der Waals surface area contributed by atoms with Gasteiger partial charge in [0, 0.05) is 52.0 Å². The monoisotopic (exact) mass is 581 g/mol. The number of carbonyl (C=O) groups excluding carboxylic acids is 6. The van der Waals surface area contributed by atoms with Gasteiger partial charge in [-0.25, -0.2) is 0 Å². The fourth-order valence-corrected chi connectivity index (χ4v) is 6.62. The maximum Gasteiger partial charge on any atom is 0.308 e. The number of rotatable bonds is 5. The van der Waals surface area contributed by atoms with E-state index in [1.54, 1.807) is 25.1 Å².